The van der Waals surface area contributed by atoms with Gasteiger partial charge < -0.3 is 9.42 Å². The molecule has 1 unspecified atom stereocenters. The molecule has 6 nitrogen and oxygen atoms in total. The highest BCUT2D eigenvalue weighted by atomic mass is 16.5. The molecular weight excluding hydrogens is 412 g/mol. The first-order valence-electron chi connectivity index (χ1n) is 11.6. The van der Waals surface area contributed by atoms with Crippen LogP contribution in [0.25, 0.3) is 22.2 Å². The molecule has 168 valence electrons. The summed E-state index contributed by atoms with van der Waals surface area (Å²) in [5.41, 5.74) is 2.05. The molecule has 33 heavy (non-hydrogen) atoms. The van der Waals surface area contributed by atoms with Crippen molar-refractivity contribution >= 4 is 16.7 Å². The normalized spacial score (nSPS) is 15.6. The number of fused-ring (bicyclic) bond motifs is 1. The molecule has 0 radical (unpaired) electrons. The van der Waals surface area contributed by atoms with E-state index >= 15 is 0 Å². The summed E-state index contributed by atoms with van der Waals surface area (Å²) in [5, 5.41) is 6.47. The van der Waals surface area contributed by atoms with Gasteiger partial charge >= 0.3 is 0 Å². The monoisotopic (exact) mass is 440 g/mol. The molecule has 1 aromatic heterocycles. The molecule has 4 aromatic rings. The van der Waals surface area contributed by atoms with Crippen LogP contribution < -0.4 is 0 Å². The third-order valence-electron chi connectivity index (χ3n) is 6.45. The van der Waals surface area contributed by atoms with Crippen molar-refractivity contribution in [3.63, 3.8) is 0 Å². The van der Waals surface area contributed by atoms with Gasteiger partial charge in [-0.1, -0.05) is 78.8 Å². The van der Waals surface area contributed by atoms with Gasteiger partial charge in [0.1, 0.15) is 0 Å². The smallest absolute Gasteiger partial charge is 0.258 e. The van der Waals surface area contributed by atoms with Crippen molar-refractivity contribution in [1.82, 2.24) is 19.9 Å². The fourth-order valence-electron chi connectivity index (χ4n) is 4.62. The topological polar surface area (TPSA) is 62.5 Å². The minimum absolute atomic E-state index is 0.0711. The highest BCUT2D eigenvalue weighted by Crippen LogP contribution is 2.27. The number of amides is 1. The van der Waals surface area contributed by atoms with Crippen molar-refractivity contribution < 1.29 is 9.32 Å². The molecule has 1 aliphatic heterocycles. The summed E-state index contributed by atoms with van der Waals surface area (Å²) in [6.45, 7) is 5.73. The highest BCUT2D eigenvalue weighted by molar-refractivity contribution is 5.94. The van der Waals surface area contributed by atoms with Gasteiger partial charge in [0.15, 0.2) is 5.82 Å². The van der Waals surface area contributed by atoms with Gasteiger partial charge in [-0.25, -0.2) is 0 Å². The average molecular weight is 441 g/mol. The maximum Gasteiger partial charge on any atom is 0.258 e. The minimum Gasteiger partial charge on any atom is -0.340 e. The van der Waals surface area contributed by atoms with Crippen LogP contribution in [0, 0.1) is 0 Å². The van der Waals surface area contributed by atoms with Crippen molar-refractivity contribution in [1.29, 1.82) is 0 Å². The molecule has 1 aliphatic rings. The lowest BCUT2D eigenvalue weighted by molar-refractivity contribution is -0.134. The van der Waals surface area contributed by atoms with E-state index in [4.69, 9.17) is 4.52 Å². The van der Waals surface area contributed by atoms with E-state index in [1.165, 1.54) is 0 Å². The summed E-state index contributed by atoms with van der Waals surface area (Å²) in [5.74, 6) is 1.37. The number of carbonyl (C=O) groups is 1. The molecule has 1 saturated heterocycles. The van der Waals surface area contributed by atoms with Gasteiger partial charge in [0.2, 0.25) is 5.91 Å². The molecule has 6 heteroatoms. The van der Waals surface area contributed by atoms with Gasteiger partial charge in [-0.3, -0.25) is 9.69 Å². The minimum atomic E-state index is -0.0711. The number of hydrogen-bond acceptors (Lipinski definition) is 5. The Hall–Kier alpha value is -3.51. The zero-order valence-corrected chi connectivity index (χ0v) is 18.9. The van der Waals surface area contributed by atoms with Crippen molar-refractivity contribution in [3.05, 3.63) is 84.2 Å². The molecule has 1 amide bonds. The Morgan fingerprint density at radius 3 is 2.45 bits per heavy atom. The maximum absolute atomic E-state index is 13.1. The number of aromatic nitrogens is 2. The highest BCUT2D eigenvalue weighted by Gasteiger charge is 2.28. The zero-order chi connectivity index (χ0) is 22.6. The van der Waals surface area contributed by atoms with Crippen LogP contribution in [-0.4, -0.2) is 52.0 Å². The van der Waals surface area contributed by atoms with Gasteiger partial charge in [0.25, 0.3) is 5.89 Å². The van der Waals surface area contributed by atoms with Crippen LogP contribution in [-0.2, 0) is 11.3 Å². The lowest BCUT2D eigenvalue weighted by Crippen LogP contribution is -2.49. The van der Waals surface area contributed by atoms with Gasteiger partial charge in [0, 0.05) is 31.7 Å². The molecule has 5 rings (SSSR count). The maximum atomic E-state index is 13.1. The fourth-order valence-corrected chi connectivity index (χ4v) is 4.62. The quantitative estimate of drug-likeness (QED) is 0.434. The second kappa shape index (κ2) is 9.55. The van der Waals surface area contributed by atoms with E-state index in [1.54, 1.807) is 0 Å². The van der Waals surface area contributed by atoms with E-state index in [0.717, 1.165) is 54.5 Å². The number of benzene rings is 3. The van der Waals surface area contributed by atoms with E-state index in [9.17, 15) is 4.79 Å². The van der Waals surface area contributed by atoms with Crippen LogP contribution in [0.4, 0.5) is 0 Å². The lowest BCUT2D eigenvalue weighted by Gasteiger charge is -2.36. The predicted molar refractivity (Wildman–Crippen MR) is 129 cm³/mol. The van der Waals surface area contributed by atoms with Gasteiger partial charge in [-0.05, 0) is 28.8 Å². The summed E-state index contributed by atoms with van der Waals surface area (Å²) < 4.78 is 5.60. The number of nitrogens with zero attached hydrogens (tertiary/aromatic N) is 4. The molecule has 0 aliphatic carbocycles. The number of piperazine rings is 1. The molecule has 0 bridgehead atoms. The van der Waals surface area contributed by atoms with Crippen molar-refractivity contribution in [3.8, 4) is 11.5 Å². The third-order valence-corrected chi connectivity index (χ3v) is 6.45. The Balaban J connectivity index is 1.22. The second-order valence-electron chi connectivity index (χ2n) is 8.52. The van der Waals surface area contributed by atoms with Crippen molar-refractivity contribution in [2.75, 3.05) is 26.2 Å². The third kappa shape index (κ3) is 4.52. The van der Waals surface area contributed by atoms with Gasteiger partial charge in [-0.2, -0.15) is 4.98 Å². The second-order valence-corrected chi connectivity index (χ2v) is 8.52. The van der Waals surface area contributed by atoms with Crippen LogP contribution in [0.15, 0.2) is 77.3 Å². The van der Waals surface area contributed by atoms with E-state index < -0.39 is 0 Å². The van der Waals surface area contributed by atoms with Crippen molar-refractivity contribution in [2.24, 2.45) is 0 Å². The first-order valence-corrected chi connectivity index (χ1v) is 11.6. The molecule has 1 atom stereocenters. The first-order chi connectivity index (χ1) is 16.2. The summed E-state index contributed by atoms with van der Waals surface area (Å²) in [4.78, 5) is 22.1. The number of hydrogen-bond donors (Lipinski definition) is 0. The Kier molecular flexibility index (Phi) is 6.17. The molecule has 2 heterocycles. The molecule has 3 aromatic carbocycles. The first kappa shape index (κ1) is 21.3. The zero-order valence-electron chi connectivity index (χ0n) is 18.9. The van der Waals surface area contributed by atoms with Gasteiger partial charge in [-0.15, -0.1) is 0 Å². The van der Waals surface area contributed by atoms with E-state index in [1.807, 2.05) is 59.5 Å². The van der Waals surface area contributed by atoms with Crippen LogP contribution in [0.3, 0.4) is 0 Å². The Morgan fingerprint density at radius 2 is 1.67 bits per heavy atom. The fraction of sp³-hybridized carbons (Fsp3) is 0.296. The van der Waals surface area contributed by atoms with E-state index in [2.05, 4.69) is 40.2 Å². The number of carbonyl (C=O) groups excluding carboxylic acids is 1. The van der Waals surface area contributed by atoms with Crippen molar-refractivity contribution in [2.45, 2.75) is 25.8 Å². The average Bonchev–Trinajstić information content (AvgIpc) is 3.33. The predicted octanol–water partition coefficient (Wildman–Crippen LogP) is 4.73. The Bertz CT molecular complexity index is 1220. The van der Waals surface area contributed by atoms with Crippen LogP contribution >= 0.6 is 0 Å². The summed E-state index contributed by atoms with van der Waals surface area (Å²) in [7, 11) is 0. The Labute approximate surface area is 193 Å². The molecule has 0 saturated carbocycles. The molecular formula is C27H28N4O2. The van der Waals surface area contributed by atoms with Crippen LogP contribution in [0.1, 0.15) is 30.7 Å². The summed E-state index contributed by atoms with van der Waals surface area (Å²) >= 11 is 0. The molecule has 0 N–H and O–H groups in total. The largest absolute Gasteiger partial charge is 0.340 e. The molecule has 1 fully saturated rings. The van der Waals surface area contributed by atoms with E-state index in [-0.39, 0.29) is 11.8 Å². The summed E-state index contributed by atoms with van der Waals surface area (Å²) in [6.07, 6.45) is 0.808. The molecule has 0 spiro atoms. The van der Waals surface area contributed by atoms with Crippen LogP contribution in [0.5, 0.6) is 0 Å². The number of rotatable bonds is 6. The standard InChI is InChI=1S/C27H28N4O2/c1-2-22(20-9-4-3-5-10-20)27(32)31-17-15-30(16-18-31)19-25-28-26(33-29-25)24-14-8-12-21-11-6-7-13-23(21)24/h3-14,22H,2,15-19H2,1H3. The SMILES string of the molecule is CCC(C(=O)N1CCN(Cc2noc(-c3cccc4ccccc34)n2)CC1)c1ccccc1. The van der Waals surface area contributed by atoms with Crippen LogP contribution in [0.2, 0.25) is 0 Å². The summed E-state index contributed by atoms with van der Waals surface area (Å²) in [6, 6.07) is 24.4. The lowest BCUT2D eigenvalue weighted by atomic mass is 9.95. The van der Waals surface area contributed by atoms with Gasteiger partial charge in [0.05, 0.1) is 12.5 Å². The van der Waals surface area contributed by atoms with E-state index in [0.29, 0.717) is 18.3 Å². The Morgan fingerprint density at radius 1 is 0.939 bits per heavy atom.